The van der Waals surface area contributed by atoms with E-state index in [-0.39, 0.29) is 0 Å². The van der Waals surface area contributed by atoms with Gasteiger partial charge in [-0.2, -0.15) is 0 Å². The zero-order valence-corrected chi connectivity index (χ0v) is 9.19. The first-order chi connectivity index (χ1) is 7.26. The molecule has 0 saturated heterocycles. The second-order valence-corrected chi connectivity index (χ2v) is 3.42. The second-order valence-electron chi connectivity index (χ2n) is 3.42. The summed E-state index contributed by atoms with van der Waals surface area (Å²) in [5, 5.41) is 0. The molecule has 2 heteroatoms. The van der Waals surface area contributed by atoms with Gasteiger partial charge in [0.15, 0.2) is 0 Å². The largest absolute Gasteiger partial charge is 0.494 e. The fraction of sp³-hybridized carbons (Fsp3) is 0.308. The summed E-state index contributed by atoms with van der Waals surface area (Å²) in [6, 6.07) is 7.72. The molecular formula is C13H16O2. The van der Waals surface area contributed by atoms with E-state index in [1.807, 2.05) is 30.3 Å². The van der Waals surface area contributed by atoms with E-state index in [1.54, 1.807) is 6.92 Å². The van der Waals surface area contributed by atoms with Gasteiger partial charge in [-0.25, -0.2) is 0 Å². The van der Waals surface area contributed by atoms with Crippen LogP contribution in [0.1, 0.15) is 25.8 Å². The molecule has 0 spiro atoms. The number of carbonyl (C=O) groups excluding carboxylic acids is 1. The molecule has 0 heterocycles. The molecule has 0 aliphatic rings. The molecule has 1 aromatic carbocycles. The standard InChI is InChI=1S/C13H16O2/c1-3-8-15-13-6-4-12(5-7-13)9-11(2)10-14/h4-7,9-10H,3,8H2,1-2H3. The average Bonchev–Trinajstić information content (AvgIpc) is 2.28. The molecule has 0 atom stereocenters. The second kappa shape index (κ2) is 6.02. The Morgan fingerprint density at radius 3 is 2.53 bits per heavy atom. The van der Waals surface area contributed by atoms with Crippen LogP contribution < -0.4 is 4.74 Å². The predicted octanol–water partition coefficient (Wildman–Crippen LogP) is 3.08. The third-order valence-electron chi connectivity index (χ3n) is 1.93. The minimum atomic E-state index is 0.720. The SMILES string of the molecule is CCCOc1ccc(C=C(C)C=O)cc1. The van der Waals surface area contributed by atoms with Gasteiger partial charge in [0.05, 0.1) is 6.61 Å². The monoisotopic (exact) mass is 204 g/mol. The smallest absolute Gasteiger partial charge is 0.145 e. The Morgan fingerprint density at radius 1 is 1.33 bits per heavy atom. The van der Waals surface area contributed by atoms with E-state index in [2.05, 4.69) is 6.92 Å². The van der Waals surface area contributed by atoms with Gasteiger partial charge in [0.25, 0.3) is 0 Å². The molecule has 0 fully saturated rings. The van der Waals surface area contributed by atoms with Crippen molar-refractivity contribution in [2.75, 3.05) is 6.61 Å². The highest BCUT2D eigenvalue weighted by atomic mass is 16.5. The van der Waals surface area contributed by atoms with Crippen LogP contribution in [0, 0.1) is 0 Å². The van der Waals surface area contributed by atoms with E-state index >= 15 is 0 Å². The lowest BCUT2D eigenvalue weighted by Gasteiger charge is -2.04. The van der Waals surface area contributed by atoms with Crippen molar-refractivity contribution in [2.24, 2.45) is 0 Å². The molecular weight excluding hydrogens is 188 g/mol. The number of carbonyl (C=O) groups is 1. The fourth-order valence-corrected chi connectivity index (χ4v) is 1.18. The van der Waals surface area contributed by atoms with Gasteiger partial charge in [0.1, 0.15) is 12.0 Å². The number of aldehydes is 1. The van der Waals surface area contributed by atoms with Gasteiger partial charge < -0.3 is 4.74 Å². The number of hydrogen-bond donors (Lipinski definition) is 0. The first kappa shape index (κ1) is 11.5. The van der Waals surface area contributed by atoms with Crippen molar-refractivity contribution in [2.45, 2.75) is 20.3 Å². The highest BCUT2D eigenvalue weighted by Crippen LogP contribution is 2.14. The van der Waals surface area contributed by atoms with E-state index < -0.39 is 0 Å². The summed E-state index contributed by atoms with van der Waals surface area (Å²) in [5.41, 5.74) is 1.74. The van der Waals surface area contributed by atoms with E-state index in [1.165, 1.54) is 0 Å². The zero-order valence-electron chi connectivity index (χ0n) is 9.19. The summed E-state index contributed by atoms with van der Waals surface area (Å²) in [6.45, 7) is 4.60. The molecule has 0 bridgehead atoms. The van der Waals surface area contributed by atoms with Crippen LogP contribution in [0.15, 0.2) is 29.8 Å². The van der Waals surface area contributed by atoms with Gasteiger partial charge in [-0.3, -0.25) is 4.79 Å². The Bertz CT molecular complexity index is 336. The van der Waals surface area contributed by atoms with Gasteiger partial charge in [-0.15, -0.1) is 0 Å². The molecule has 80 valence electrons. The van der Waals surface area contributed by atoms with E-state index in [4.69, 9.17) is 4.74 Å². The number of benzene rings is 1. The van der Waals surface area contributed by atoms with Crippen LogP contribution in [0.25, 0.3) is 6.08 Å². The Morgan fingerprint density at radius 2 is 2.00 bits per heavy atom. The molecule has 0 aromatic heterocycles. The van der Waals surface area contributed by atoms with Crippen LogP contribution in [0.3, 0.4) is 0 Å². The number of hydrogen-bond acceptors (Lipinski definition) is 2. The topological polar surface area (TPSA) is 26.3 Å². The molecule has 0 amide bonds. The normalized spacial score (nSPS) is 11.2. The Balaban J connectivity index is 2.68. The Labute approximate surface area is 90.6 Å². The summed E-state index contributed by atoms with van der Waals surface area (Å²) in [4.78, 5) is 10.4. The molecule has 0 radical (unpaired) electrons. The molecule has 0 aliphatic carbocycles. The highest BCUT2D eigenvalue weighted by molar-refractivity contribution is 5.80. The zero-order chi connectivity index (χ0) is 11.1. The molecule has 0 saturated carbocycles. The maximum Gasteiger partial charge on any atom is 0.145 e. The minimum absolute atomic E-state index is 0.720. The molecule has 0 aliphatic heterocycles. The van der Waals surface area contributed by atoms with Crippen molar-refractivity contribution >= 4 is 12.4 Å². The van der Waals surface area contributed by atoms with Crippen LogP contribution in [0.2, 0.25) is 0 Å². The van der Waals surface area contributed by atoms with Crippen molar-refractivity contribution in [3.05, 3.63) is 35.4 Å². The summed E-state index contributed by atoms with van der Waals surface area (Å²) in [7, 11) is 0. The first-order valence-corrected chi connectivity index (χ1v) is 5.12. The van der Waals surface area contributed by atoms with E-state index in [0.29, 0.717) is 0 Å². The number of allylic oxidation sites excluding steroid dienone is 1. The van der Waals surface area contributed by atoms with Crippen molar-refractivity contribution in [3.63, 3.8) is 0 Å². The van der Waals surface area contributed by atoms with Gasteiger partial charge in [-0.05, 0) is 42.7 Å². The lowest BCUT2D eigenvalue weighted by molar-refractivity contribution is -0.104. The van der Waals surface area contributed by atoms with Crippen molar-refractivity contribution in [1.82, 2.24) is 0 Å². The van der Waals surface area contributed by atoms with Crippen LogP contribution in [0.4, 0.5) is 0 Å². The first-order valence-electron chi connectivity index (χ1n) is 5.12. The highest BCUT2D eigenvalue weighted by Gasteiger charge is 1.93. The molecule has 0 unspecified atom stereocenters. The number of rotatable bonds is 5. The quantitative estimate of drug-likeness (QED) is 0.544. The van der Waals surface area contributed by atoms with E-state index in [0.717, 1.165) is 36.2 Å². The third-order valence-corrected chi connectivity index (χ3v) is 1.93. The van der Waals surface area contributed by atoms with Crippen molar-refractivity contribution < 1.29 is 9.53 Å². The van der Waals surface area contributed by atoms with Gasteiger partial charge in [0.2, 0.25) is 0 Å². The maximum absolute atomic E-state index is 10.4. The lowest BCUT2D eigenvalue weighted by atomic mass is 10.1. The molecule has 15 heavy (non-hydrogen) atoms. The van der Waals surface area contributed by atoms with Gasteiger partial charge in [0, 0.05) is 0 Å². The summed E-state index contributed by atoms with van der Waals surface area (Å²) in [5.74, 6) is 0.873. The fourth-order valence-electron chi connectivity index (χ4n) is 1.18. The predicted molar refractivity (Wildman–Crippen MR) is 61.9 cm³/mol. The van der Waals surface area contributed by atoms with Gasteiger partial charge >= 0.3 is 0 Å². The van der Waals surface area contributed by atoms with Crippen LogP contribution in [0.5, 0.6) is 5.75 Å². The summed E-state index contributed by atoms with van der Waals surface area (Å²) in [6.07, 6.45) is 3.70. The van der Waals surface area contributed by atoms with Crippen LogP contribution >= 0.6 is 0 Å². The molecule has 0 N–H and O–H groups in total. The molecule has 1 aromatic rings. The molecule has 2 nitrogen and oxygen atoms in total. The maximum atomic E-state index is 10.4. The van der Waals surface area contributed by atoms with E-state index in [9.17, 15) is 4.79 Å². The minimum Gasteiger partial charge on any atom is -0.494 e. The average molecular weight is 204 g/mol. The summed E-state index contributed by atoms with van der Waals surface area (Å²) >= 11 is 0. The van der Waals surface area contributed by atoms with Gasteiger partial charge in [-0.1, -0.05) is 19.1 Å². The van der Waals surface area contributed by atoms with Crippen LogP contribution in [-0.2, 0) is 4.79 Å². The number of ether oxygens (including phenoxy) is 1. The summed E-state index contributed by atoms with van der Waals surface area (Å²) < 4.78 is 5.45. The molecule has 1 rings (SSSR count). The van der Waals surface area contributed by atoms with Crippen molar-refractivity contribution in [1.29, 1.82) is 0 Å². The van der Waals surface area contributed by atoms with Crippen LogP contribution in [-0.4, -0.2) is 12.9 Å². The Kier molecular flexibility index (Phi) is 4.61. The Hall–Kier alpha value is -1.57. The third kappa shape index (κ3) is 3.98. The lowest BCUT2D eigenvalue weighted by Crippen LogP contribution is -1.94. The van der Waals surface area contributed by atoms with Crippen molar-refractivity contribution in [3.8, 4) is 5.75 Å².